The molecule has 0 amide bonds. The highest BCUT2D eigenvalue weighted by Crippen LogP contribution is 2.10. The van der Waals surface area contributed by atoms with Crippen molar-refractivity contribution in [1.82, 2.24) is 0 Å². The predicted molar refractivity (Wildman–Crippen MR) is 41.4 cm³/mol. The first-order valence-corrected chi connectivity index (χ1v) is 3.24. The van der Waals surface area contributed by atoms with Crippen LogP contribution in [0, 0.1) is 0 Å². The molecule has 0 N–H and O–H groups in total. The Morgan fingerprint density at radius 3 is 2.60 bits per heavy atom. The number of carbonyl (C=O) groups excluding carboxylic acids is 1. The summed E-state index contributed by atoms with van der Waals surface area (Å²) in [4.78, 5) is 10.7. The quantitative estimate of drug-likeness (QED) is 0.517. The second-order valence-corrected chi connectivity index (χ2v) is 2.28. The van der Waals surface area contributed by atoms with Crippen LogP contribution >= 0.6 is 23.4 Å². The SMILES string of the molecule is O=C1C=C/C(=N\Cl)C=C1Cl. The molecule has 0 fully saturated rings. The normalized spacial score (nSPS) is 21.6. The van der Waals surface area contributed by atoms with Gasteiger partial charge in [0.2, 0.25) is 0 Å². The number of halogens is 2. The van der Waals surface area contributed by atoms with Gasteiger partial charge in [-0.3, -0.25) is 4.79 Å². The lowest BCUT2D eigenvalue weighted by Crippen LogP contribution is -2.02. The van der Waals surface area contributed by atoms with Gasteiger partial charge in [-0.2, -0.15) is 4.51 Å². The van der Waals surface area contributed by atoms with E-state index in [2.05, 4.69) is 4.51 Å². The van der Waals surface area contributed by atoms with E-state index >= 15 is 0 Å². The first-order valence-electron chi connectivity index (χ1n) is 2.52. The van der Waals surface area contributed by atoms with Gasteiger partial charge in [0, 0.05) is 11.8 Å². The van der Waals surface area contributed by atoms with Crippen molar-refractivity contribution >= 4 is 34.9 Å². The molecule has 0 aliphatic heterocycles. The maximum Gasteiger partial charge on any atom is 0.197 e. The van der Waals surface area contributed by atoms with E-state index in [0.717, 1.165) is 0 Å². The molecule has 0 saturated heterocycles. The Bertz CT molecular complexity index is 252. The molecule has 1 aliphatic carbocycles. The van der Waals surface area contributed by atoms with E-state index in [9.17, 15) is 4.79 Å². The van der Waals surface area contributed by atoms with Gasteiger partial charge in [-0.05, 0) is 18.2 Å². The number of allylic oxidation sites excluding steroid dienone is 4. The average molecular weight is 176 g/mol. The minimum Gasteiger partial charge on any atom is -0.288 e. The summed E-state index contributed by atoms with van der Waals surface area (Å²) in [6, 6.07) is 0. The standard InChI is InChI=1S/C6H3Cl2NO/c7-5-3-4(9-8)1-2-6(5)10/h1-3H/b9-4+. The Hall–Kier alpha value is -0.600. The van der Waals surface area contributed by atoms with Gasteiger partial charge >= 0.3 is 0 Å². The van der Waals surface area contributed by atoms with Crippen LogP contribution in [-0.2, 0) is 4.79 Å². The van der Waals surface area contributed by atoms with E-state index < -0.39 is 0 Å². The van der Waals surface area contributed by atoms with Crippen LogP contribution in [0.4, 0.5) is 0 Å². The van der Waals surface area contributed by atoms with Gasteiger partial charge in [0.1, 0.15) is 0 Å². The maximum absolute atomic E-state index is 10.7. The van der Waals surface area contributed by atoms with Gasteiger partial charge in [-0.1, -0.05) is 11.6 Å². The summed E-state index contributed by atoms with van der Waals surface area (Å²) in [5.74, 6) is -0.217. The highest BCUT2D eigenvalue weighted by molar-refractivity contribution is 6.47. The molecule has 2 nitrogen and oxygen atoms in total. The molecular weight excluding hydrogens is 173 g/mol. The fraction of sp³-hybridized carbons (Fsp3) is 0. The summed E-state index contributed by atoms with van der Waals surface area (Å²) < 4.78 is 3.32. The number of nitrogens with zero attached hydrogens (tertiary/aromatic N) is 1. The summed E-state index contributed by atoms with van der Waals surface area (Å²) in [5.41, 5.74) is 0.492. The molecular formula is C6H3Cl2NO. The van der Waals surface area contributed by atoms with Crippen LogP contribution in [0.2, 0.25) is 0 Å². The van der Waals surface area contributed by atoms with Crippen LogP contribution in [0.25, 0.3) is 0 Å². The Morgan fingerprint density at radius 1 is 1.40 bits per heavy atom. The third-order valence-electron chi connectivity index (χ3n) is 1.01. The molecule has 4 heteroatoms. The Labute approximate surface area is 68.0 Å². The van der Waals surface area contributed by atoms with Crippen molar-refractivity contribution in [2.24, 2.45) is 4.51 Å². The monoisotopic (exact) mass is 175 g/mol. The van der Waals surface area contributed by atoms with Crippen LogP contribution < -0.4 is 0 Å². The molecule has 0 radical (unpaired) electrons. The molecule has 0 atom stereocenters. The lowest BCUT2D eigenvalue weighted by molar-refractivity contribution is -0.110. The smallest absolute Gasteiger partial charge is 0.197 e. The number of hydrogen-bond acceptors (Lipinski definition) is 2. The van der Waals surface area contributed by atoms with Crippen LogP contribution in [-0.4, -0.2) is 11.5 Å². The van der Waals surface area contributed by atoms with Crippen LogP contribution in [0.15, 0.2) is 27.8 Å². The van der Waals surface area contributed by atoms with Crippen molar-refractivity contribution < 1.29 is 4.79 Å². The minimum absolute atomic E-state index is 0.141. The molecule has 1 aliphatic rings. The van der Waals surface area contributed by atoms with E-state index in [0.29, 0.717) is 5.71 Å². The van der Waals surface area contributed by atoms with Crippen molar-refractivity contribution in [3.63, 3.8) is 0 Å². The molecule has 0 aromatic rings. The molecule has 10 heavy (non-hydrogen) atoms. The van der Waals surface area contributed by atoms with Crippen LogP contribution in [0.3, 0.4) is 0 Å². The number of carbonyl (C=O) groups is 1. The van der Waals surface area contributed by atoms with Crippen molar-refractivity contribution in [3.05, 3.63) is 23.3 Å². The molecule has 0 aromatic heterocycles. The zero-order valence-corrected chi connectivity index (χ0v) is 6.36. The van der Waals surface area contributed by atoms with Gasteiger partial charge in [-0.25, -0.2) is 0 Å². The summed E-state index contributed by atoms with van der Waals surface area (Å²) in [7, 11) is 0. The highest BCUT2D eigenvalue weighted by Gasteiger charge is 2.08. The maximum atomic E-state index is 10.7. The molecule has 1 rings (SSSR count). The zero-order valence-electron chi connectivity index (χ0n) is 4.84. The topological polar surface area (TPSA) is 29.4 Å². The summed E-state index contributed by atoms with van der Waals surface area (Å²) in [6.07, 6.45) is 4.24. The highest BCUT2D eigenvalue weighted by atomic mass is 35.5. The van der Waals surface area contributed by atoms with E-state index in [1.54, 1.807) is 0 Å². The molecule has 52 valence electrons. The van der Waals surface area contributed by atoms with Crippen LogP contribution in [0.1, 0.15) is 0 Å². The van der Waals surface area contributed by atoms with E-state index in [4.69, 9.17) is 23.4 Å². The largest absolute Gasteiger partial charge is 0.288 e. The fourth-order valence-corrected chi connectivity index (χ4v) is 0.822. The molecule has 0 heterocycles. The number of ketones is 1. The lowest BCUT2D eigenvalue weighted by Gasteiger charge is -1.98. The number of rotatable bonds is 0. The predicted octanol–water partition coefficient (Wildman–Crippen LogP) is 1.84. The lowest BCUT2D eigenvalue weighted by atomic mass is 10.2. The third-order valence-corrected chi connectivity index (χ3v) is 1.50. The van der Waals surface area contributed by atoms with Crippen molar-refractivity contribution in [1.29, 1.82) is 0 Å². The van der Waals surface area contributed by atoms with Gasteiger partial charge in [0.15, 0.2) is 5.78 Å². The van der Waals surface area contributed by atoms with Crippen LogP contribution in [0.5, 0.6) is 0 Å². The van der Waals surface area contributed by atoms with E-state index in [1.807, 2.05) is 0 Å². The average Bonchev–Trinajstić information content (AvgIpc) is 1.95. The van der Waals surface area contributed by atoms with Gasteiger partial charge in [0.05, 0.1) is 10.7 Å². The second kappa shape index (κ2) is 2.99. The fourth-order valence-electron chi connectivity index (χ4n) is 0.542. The third kappa shape index (κ3) is 1.46. The van der Waals surface area contributed by atoms with E-state index in [-0.39, 0.29) is 10.8 Å². The molecule has 0 unspecified atom stereocenters. The van der Waals surface area contributed by atoms with Crippen molar-refractivity contribution in [2.45, 2.75) is 0 Å². The zero-order chi connectivity index (χ0) is 7.56. The van der Waals surface area contributed by atoms with Gasteiger partial charge < -0.3 is 0 Å². The Morgan fingerprint density at radius 2 is 2.10 bits per heavy atom. The Kier molecular flexibility index (Phi) is 2.25. The van der Waals surface area contributed by atoms with Crippen molar-refractivity contribution in [3.8, 4) is 0 Å². The summed E-state index contributed by atoms with van der Waals surface area (Å²) in [5, 5.41) is 0.141. The summed E-state index contributed by atoms with van der Waals surface area (Å²) in [6.45, 7) is 0. The molecule has 0 bridgehead atoms. The summed E-state index contributed by atoms with van der Waals surface area (Å²) >= 11 is 10.6. The second-order valence-electron chi connectivity index (χ2n) is 1.70. The first-order chi connectivity index (χ1) is 4.74. The van der Waals surface area contributed by atoms with E-state index in [1.165, 1.54) is 18.2 Å². The minimum atomic E-state index is -0.217. The molecule has 0 spiro atoms. The molecule has 0 aromatic carbocycles. The van der Waals surface area contributed by atoms with Gasteiger partial charge in [0.25, 0.3) is 0 Å². The van der Waals surface area contributed by atoms with Gasteiger partial charge in [-0.15, -0.1) is 0 Å². The van der Waals surface area contributed by atoms with Crippen molar-refractivity contribution in [2.75, 3.05) is 0 Å². The number of hydrogen-bond donors (Lipinski definition) is 0. The first kappa shape index (κ1) is 7.51. The molecule has 0 saturated carbocycles. The Balaban J connectivity index is 2.95.